The van der Waals surface area contributed by atoms with Gasteiger partial charge in [0.1, 0.15) is 18.7 Å². The molecule has 0 bridgehead atoms. The van der Waals surface area contributed by atoms with Crippen molar-refractivity contribution in [2.75, 3.05) is 5.32 Å². The van der Waals surface area contributed by atoms with Crippen molar-refractivity contribution in [3.8, 4) is 11.6 Å². The van der Waals surface area contributed by atoms with Crippen LogP contribution in [0.4, 0.5) is 5.69 Å². The molecule has 0 aliphatic carbocycles. The Kier molecular flexibility index (Phi) is 6.34. The Labute approximate surface area is 201 Å². The normalized spacial score (nSPS) is 10.8. The van der Waals surface area contributed by atoms with Crippen molar-refractivity contribution in [1.82, 2.24) is 19.7 Å². The zero-order chi connectivity index (χ0) is 24.0. The predicted octanol–water partition coefficient (Wildman–Crippen LogP) is 4.53. The highest BCUT2D eigenvalue weighted by molar-refractivity contribution is 5.90. The molecule has 5 rings (SSSR count). The molecule has 5 aromatic rings. The van der Waals surface area contributed by atoms with Gasteiger partial charge in [0.05, 0.1) is 16.8 Å². The summed E-state index contributed by atoms with van der Waals surface area (Å²) < 4.78 is 6.97. The molecular weight excluding hydrogens is 442 g/mol. The molecule has 0 aliphatic heterocycles. The number of benzene rings is 2. The maximum Gasteiger partial charge on any atom is 0.287 e. The lowest BCUT2D eigenvalue weighted by atomic mass is 10.2. The van der Waals surface area contributed by atoms with Crippen LogP contribution in [-0.2, 0) is 13.2 Å². The van der Waals surface area contributed by atoms with E-state index in [-0.39, 0.29) is 12.2 Å². The van der Waals surface area contributed by atoms with Crippen molar-refractivity contribution < 1.29 is 9.57 Å². The van der Waals surface area contributed by atoms with Crippen LogP contribution in [0.5, 0.6) is 11.6 Å². The quantitative estimate of drug-likeness (QED) is 0.360. The van der Waals surface area contributed by atoms with Crippen LogP contribution < -0.4 is 20.5 Å². The average Bonchev–Trinajstić information content (AvgIpc) is 2.89. The zero-order valence-electron chi connectivity index (χ0n) is 19.1. The van der Waals surface area contributed by atoms with Gasteiger partial charge in [-0.1, -0.05) is 54.6 Å². The molecule has 2 aromatic carbocycles. The molecule has 174 valence electrons. The number of hydrogen-bond acceptors (Lipinski definition) is 7. The Morgan fingerprint density at radius 1 is 0.886 bits per heavy atom. The zero-order valence-corrected chi connectivity index (χ0v) is 19.1. The van der Waals surface area contributed by atoms with Crippen LogP contribution in [0.15, 0.2) is 96.2 Å². The van der Waals surface area contributed by atoms with Gasteiger partial charge in [0.2, 0.25) is 5.88 Å². The molecular formula is C27H23N5O3. The summed E-state index contributed by atoms with van der Waals surface area (Å²) in [7, 11) is 0. The van der Waals surface area contributed by atoms with Gasteiger partial charge in [-0.3, -0.25) is 4.79 Å². The predicted molar refractivity (Wildman–Crippen MR) is 133 cm³/mol. The van der Waals surface area contributed by atoms with Crippen molar-refractivity contribution in [1.29, 1.82) is 0 Å². The van der Waals surface area contributed by atoms with E-state index in [0.29, 0.717) is 23.8 Å². The topological polar surface area (TPSA) is 91.2 Å². The molecule has 8 heteroatoms. The van der Waals surface area contributed by atoms with Crippen LogP contribution in [-0.4, -0.2) is 19.7 Å². The monoisotopic (exact) mass is 465 g/mol. The molecule has 0 amide bonds. The van der Waals surface area contributed by atoms with Gasteiger partial charge >= 0.3 is 0 Å². The van der Waals surface area contributed by atoms with Crippen molar-refractivity contribution in [3.05, 3.63) is 119 Å². The first kappa shape index (κ1) is 22.1. The number of fused-ring (bicyclic) bond motifs is 1. The van der Waals surface area contributed by atoms with Gasteiger partial charge in [-0.05, 0) is 30.2 Å². The maximum absolute atomic E-state index is 12.9. The van der Waals surface area contributed by atoms with E-state index in [9.17, 15) is 4.79 Å². The smallest absolute Gasteiger partial charge is 0.287 e. The fourth-order valence-corrected chi connectivity index (χ4v) is 3.65. The molecule has 3 heterocycles. The minimum atomic E-state index is -0.321. The molecule has 0 aliphatic rings. The van der Waals surface area contributed by atoms with Crippen LogP contribution in [0, 0.1) is 6.92 Å². The second-order valence-corrected chi connectivity index (χ2v) is 7.88. The van der Waals surface area contributed by atoms with E-state index < -0.39 is 0 Å². The summed E-state index contributed by atoms with van der Waals surface area (Å²) in [5.74, 6) is 1.23. The minimum absolute atomic E-state index is 0.245. The average molecular weight is 466 g/mol. The maximum atomic E-state index is 12.9. The Hall–Kier alpha value is -4.72. The molecule has 0 radical (unpaired) electrons. The summed E-state index contributed by atoms with van der Waals surface area (Å²) in [6.07, 6.45) is 3.17. The molecule has 0 spiro atoms. The minimum Gasteiger partial charge on any atom is -0.439 e. The van der Waals surface area contributed by atoms with Gasteiger partial charge < -0.3 is 14.9 Å². The first-order valence-corrected chi connectivity index (χ1v) is 11.1. The lowest BCUT2D eigenvalue weighted by Gasteiger charge is -2.15. The number of aryl methyl sites for hydroxylation is 1. The van der Waals surface area contributed by atoms with Gasteiger partial charge in [0.15, 0.2) is 5.65 Å². The molecule has 0 saturated carbocycles. The van der Waals surface area contributed by atoms with Crippen molar-refractivity contribution in [2.24, 2.45) is 0 Å². The number of pyridine rings is 2. The summed E-state index contributed by atoms with van der Waals surface area (Å²) in [5.41, 5.74) is 3.34. The van der Waals surface area contributed by atoms with E-state index in [2.05, 4.69) is 20.3 Å². The van der Waals surface area contributed by atoms with Crippen LogP contribution in [0.3, 0.4) is 0 Å². The number of hydrogen-bond donors (Lipinski definition) is 1. The number of ether oxygens (including phenoxy) is 1. The number of anilines is 1. The molecule has 0 atom stereocenters. The third-order valence-electron chi connectivity index (χ3n) is 5.40. The SMILES string of the molecule is Cc1ncnc2c1c(NCc1ccc(Oc3ccccc3)nc1)cc(=O)n2OCc1ccccc1. The summed E-state index contributed by atoms with van der Waals surface area (Å²) in [6, 6.07) is 24.4. The highest BCUT2D eigenvalue weighted by Crippen LogP contribution is 2.23. The van der Waals surface area contributed by atoms with Crippen LogP contribution >= 0.6 is 0 Å². The lowest BCUT2D eigenvalue weighted by molar-refractivity contribution is 0.0979. The Morgan fingerprint density at radius 2 is 1.66 bits per heavy atom. The van der Waals surface area contributed by atoms with E-state index >= 15 is 0 Å². The number of aromatic nitrogens is 4. The molecule has 0 saturated heterocycles. The molecule has 0 unspecified atom stereocenters. The first-order chi connectivity index (χ1) is 17.2. The standard InChI is InChI=1S/C27H23N5O3/c1-19-26-23(28-15-21-12-13-24(29-16-21)35-22-10-6-3-7-11-22)14-25(33)32(27(26)31-18-30-19)34-17-20-8-4-2-5-9-20/h2-14,16,18,28H,15,17H2,1H3. The highest BCUT2D eigenvalue weighted by atomic mass is 16.7. The van der Waals surface area contributed by atoms with E-state index in [1.165, 1.54) is 17.1 Å². The second-order valence-electron chi connectivity index (χ2n) is 7.88. The third-order valence-corrected chi connectivity index (χ3v) is 5.40. The third kappa shape index (κ3) is 5.11. The fourth-order valence-electron chi connectivity index (χ4n) is 3.65. The summed E-state index contributed by atoms with van der Waals surface area (Å²) >= 11 is 0. The van der Waals surface area contributed by atoms with Gasteiger partial charge in [0.25, 0.3) is 5.56 Å². The van der Waals surface area contributed by atoms with Gasteiger partial charge in [-0.2, -0.15) is 0 Å². The van der Waals surface area contributed by atoms with Gasteiger partial charge in [-0.15, -0.1) is 4.73 Å². The Bertz CT molecular complexity index is 1490. The van der Waals surface area contributed by atoms with Crippen LogP contribution in [0.25, 0.3) is 11.0 Å². The van der Waals surface area contributed by atoms with E-state index in [0.717, 1.165) is 28.0 Å². The van der Waals surface area contributed by atoms with Gasteiger partial charge in [-0.25, -0.2) is 15.0 Å². The van der Waals surface area contributed by atoms with Crippen molar-refractivity contribution in [2.45, 2.75) is 20.1 Å². The van der Waals surface area contributed by atoms with Crippen molar-refractivity contribution >= 4 is 16.7 Å². The summed E-state index contributed by atoms with van der Waals surface area (Å²) in [5, 5.41) is 4.05. The van der Waals surface area contributed by atoms with E-state index in [4.69, 9.17) is 9.57 Å². The number of nitrogens with one attached hydrogen (secondary N) is 1. The lowest BCUT2D eigenvalue weighted by Crippen LogP contribution is -2.28. The summed E-state index contributed by atoms with van der Waals surface area (Å²) in [4.78, 5) is 31.8. The van der Waals surface area contributed by atoms with E-state index in [1.54, 1.807) is 6.20 Å². The van der Waals surface area contributed by atoms with E-state index in [1.807, 2.05) is 79.7 Å². The largest absolute Gasteiger partial charge is 0.439 e. The molecule has 0 fully saturated rings. The summed E-state index contributed by atoms with van der Waals surface area (Å²) in [6.45, 7) is 2.57. The Balaban J connectivity index is 1.35. The fraction of sp³-hybridized carbons (Fsp3) is 0.111. The molecule has 35 heavy (non-hydrogen) atoms. The first-order valence-electron chi connectivity index (χ1n) is 11.1. The number of nitrogens with zero attached hydrogens (tertiary/aromatic N) is 4. The number of rotatable bonds is 8. The Morgan fingerprint density at radius 3 is 2.40 bits per heavy atom. The van der Waals surface area contributed by atoms with Crippen molar-refractivity contribution in [3.63, 3.8) is 0 Å². The van der Waals surface area contributed by atoms with Crippen LogP contribution in [0.1, 0.15) is 16.8 Å². The van der Waals surface area contributed by atoms with Gasteiger partial charge in [0, 0.05) is 24.9 Å². The highest BCUT2D eigenvalue weighted by Gasteiger charge is 2.14. The molecule has 3 aromatic heterocycles. The number of para-hydroxylation sites is 1. The molecule has 1 N–H and O–H groups in total. The molecule has 8 nitrogen and oxygen atoms in total. The second kappa shape index (κ2) is 10.0. The van der Waals surface area contributed by atoms with Crippen LogP contribution in [0.2, 0.25) is 0 Å².